The van der Waals surface area contributed by atoms with Crippen molar-refractivity contribution in [3.63, 3.8) is 0 Å². The Morgan fingerprint density at radius 3 is 1.30 bits per heavy atom. The van der Waals surface area contributed by atoms with E-state index >= 15 is 0 Å². The minimum Gasteiger partial charge on any atom is -0.311 e. The van der Waals surface area contributed by atoms with Gasteiger partial charge in [0.25, 0.3) is 6.71 Å². The average Bonchev–Trinajstić information content (AvgIpc) is 0.879. The molecule has 13 aromatic carbocycles. The number of unbranched alkanes of at least 4 members (excludes halogenated alkanes) is 1. The Balaban J connectivity index is 1.01. The van der Waals surface area contributed by atoms with Crippen LogP contribution in [0.2, 0.25) is 0 Å². The SMILES string of the molecule is CCCCc1cc2sc3ccccc3c2cc1N1c2cc(-n3c4ccccc4c4ccccc43)ccc2B2c3ccc(-n4c5ccccc5c5ccccc54)cc3N(c3c(-c4ccccc4)cc(-c4ccccc4)cc3-c3ccccc3)c3cc(C(C)(C)C)cc1c32. The van der Waals surface area contributed by atoms with Gasteiger partial charge in [-0.15, -0.1) is 11.3 Å². The molecule has 0 atom stereocenters. The van der Waals surface area contributed by atoms with Gasteiger partial charge >= 0.3 is 0 Å². The molecule has 5 heterocycles. The van der Waals surface area contributed by atoms with Crippen LogP contribution in [0.1, 0.15) is 51.7 Å². The number of rotatable bonds is 10. The number of fused-ring (bicyclic) bond motifs is 13. The summed E-state index contributed by atoms with van der Waals surface area (Å²) in [5.74, 6) is 0. The summed E-state index contributed by atoms with van der Waals surface area (Å²) in [5, 5.41) is 7.58. The lowest BCUT2D eigenvalue weighted by Gasteiger charge is -2.46. The number of para-hydroxylation sites is 4. The highest BCUT2D eigenvalue weighted by Gasteiger charge is 2.46. The molecule has 16 aromatic rings. The number of hydrogen-bond donors (Lipinski definition) is 0. The van der Waals surface area contributed by atoms with Crippen LogP contribution in [0.25, 0.3) is 109 Å². The lowest BCUT2D eigenvalue weighted by atomic mass is 9.33. The fraction of sp³-hybridized carbons (Fsp3) is 0.0930. The van der Waals surface area contributed by atoms with E-state index in [1.165, 1.54) is 125 Å². The van der Waals surface area contributed by atoms with Crippen molar-refractivity contribution in [3.05, 3.63) is 296 Å². The Labute approximate surface area is 541 Å². The molecule has 438 valence electrons. The minimum absolute atomic E-state index is 0.167. The molecule has 2 aliphatic heterocycles. The molecule has 3 aromatic heterocycles. The standard InChI is InChI=1S/C86H65BN4S/c1-5-6-26-58-49-83-70(67-37-20-25-42-82(67)92-83)54-77(58)90-78-52-61(88-73-38-21-16-33-63(73)64-34-17-22-39-74(64)88)43-45-71(78)87-72-46-44-62(89-75-40-23-18-35-65(75)66-36-19-24-41-76(66)89)53-79(72)91(81-51-60(86(2,3)4)50-80(90)84(81)87)85-68(56-29-12-8-13-30-56)47-59(55-27-10-7-11-28-55)48-69(85)57-31-14-9-15-32-57/h7-25,27-54H,5-6,26H2,1-4H3. The van der Waals surface area contributed by atoms with Gasteiger partial charge in [0.05, 0.1) is 27.8 Å². The van der Waals surface area contributed by atoms with Crippen LogP contribution in [0.15, 0.2) is 285 Å². The molecular weight excluding hydrogens is 1130 g/mol. The lowest BCUT2D eigenvalue weighted by Crippen LogP contribution is -2.61. The second-order valence-corrected chi connectivity index (χ2v) is 27.3. The zero-order valence-corrected chi connectivity index (χ0v) is 52.8. The van der Waals surface area contributed by atoms with Crippen LogP contribution < -0.4 is 26.2 Å². The quantitative estimate of drug-likeness (QED) is 0.127. The van der Waals surface area contributed by atoms with Crippen LogP contribution in [-0.4, -0.2) is 15.8 Å². The van der Waals surface area contributed by atoms with E-state index in [4.69, 9.17) is 0 Å². The molecule has 18 rings (SSSR count). The molecule has 4 nitrogen and oxygen atoms in total. The van der Waals surface area contributed by atoms with Gasteiger partial charge < -0.3 is 18.9 Å². The normalized spacial score (nSPS) is 12.8. The smallest absolute Gasteiger partial charge is 0.252 e. The topological polar surface area (TPSA) is 16.3 Å². The second kappa shape index (κ2) is 21.2. The minimum atomic E-state index is -0.269. The van der Waals surface area contributed by atoms with Crippen molar-refractivity contribution in [1.82, 2.24) is 9.13 Å². The predicted molar refractivity (Wildman–Crippen MR) is 396 cm³/mol. The molecule has 0 aliphatic carbocycles. The Kier molecular flexibility index (Phi) is 12.5. The zero-order chi connectivity index (χ0) is 61.3. The highest BCUT2D eigenvalue weighted by molar-refractivity contribution is 7.25. The van der Waals surface area contributed by atoms with Crippen LogP contribution >= 0.6 is 11.3 Å². The van der Waals surface area contributed by atoms with Gasteiger partial charge in [0.2, 0.25) is 0 Å². The Hall–Kier alpha value is -10.7. The number of aryl methyl sites for hydroxylation is 1. The average molecular weight is 1200 g/mol. The third kappa shape index (κ3) is 8.43. The van der Waals surface area contributed by atoms with Crippen LogP contribution in [0.3, 0.4) is 0 Å². The maximum atomic E-state index is 2.73. The number of hydrogen-bond acceptors (Lipinski definition) is 3. The van der Waals surface area contributed by atoms with E-state index in [2.05, 4.69) is 332 Å². The van der Waals surface area contributed by atoms with E-state index in [9.17, 15) is 0 Å². The maximum absolute atomic E-state index is 2.73. The fourth-order valence-electron chi connectivity index (χ4n) is 15.5. The molecule has 2 aliphatic rings. The van der Waals surface area contributed by atoms with Crippen LogP contribution in [-0.2, 0) is 11.8 Å². The first-order chi connectivity index (χ1) is 45.3. The molecule has 0 saturated heterocycles. The highest BCUT2D eigenvalue weighted by atomic mass is 32.1. The van der Waals surface area contributed by atoms with Crippen LogP contribution in [0.5, 0.6) is 0 Å². The number of benzene rings is 13. The Morgan fingerprint density at radius 2 is 0.804 bits per heavy atom. The summed E-state index contributed by atoms with van der Waals surface area (Å²) in [4.78, 5) is 5.46. The Bertz CT molecular complexity index is 5470. The first-order valence-electron chi connectivity index (χ1n) is 32.6. The van der Waals surface area contributed by atoms with Crippen LogP contribution in [0, 0.1) is 0 Å². The van der Waals surface area contributed by atoms with E-state index in [1.54, 1.807) is 0 Å². The summed E-state index contributed by atoms with van der Waals surface area (Å²) >= 11 is 1.92. The van der Waals surface area contributed by atoms with Crippen molar-refractivity contribution in [2.75, 3.05) is 9.80 Å². The van der Waals surface area contributed by atoms with Gasteiger partial charge in [0, 0.05) is 92.7 Å². The first-order valence-corrected chi connectivity index (χ1v) is 33.4. The van der Waals surface area contributed by atoms with E-state index in [1.807, 2.05) is 11.3 Å². The fourth-order valence-corrected chi connectivity index (χ4v) is 16.7. The van der Waals surface area contributed by atoms with Gasteiger partial charge in [-0.3, -0.25) is 0 Å². The molecule has 0 radical (unpaired) electrons. The van der Waals surface area contributed by atoms with E-state index < -0.39 is 0 Å². The summed E-state index contributed by atoms with van der Waals surface area (Å²) in [6.45, 7) is 9.37. The molecule has 0 spiro atoms. The van der Waals surface area contributed by atoms with Gasteiger partial charge in [-0.2, -0.15) is 0 Å². The van der Waals surface area contributed by atoms with Gasteiger partial charge in [-0.1, -0.05) is 228 Å². The summed E-state index contributed by atoms with van der Waals surface area (Å²) in [5.41, 5.74) is 27.3. The van der Waals surface area contributed by atoms with Crippen molar-refractivity contribution in [1.29, 1.82) is 0 Å². The second-order valence-electron chi connectivity index (χ2n) is 26.2. The van der Waals surface area contributed by atoms with Gasteiger partial charge in [-0.05, 0) is 159 Å². The number of anilines is 6. The number of aromatic nitrogens is 2. The molecule has 0 saturated carbocycles. The van der Waals surface area contributed by atoms with Gasteiger partial charge in [-0.25, -0.2) is 0 Å². The third-order valence-corrected chi connectivity index (χ3v) is 20.9. The number of nitrogens with zero attached hydrogens (tertiary/aromatic N) is 4. The van der Waals surface area contributed by atoms with Crippen molar-refractivity contribution in [2.24, 2.45) is 0 Å². The zero-order valence-electron chi connectivity index (χ0n) is 52.0. The van der Waals surface area contributed by atoms with Crippen molar-refractivity contribution >= 4 is 132 Å². The molecule has 0 bridgehead atoms. The monoisotopic (exact) mass is 1200 g/mol. The van der Waals surface area contributed by atoms with Gasteiger partial charge in [0.15, 0.2) is 0 Å². The summed E-state index contributed by atoms with van der Waals surface area (Å²) in [7, 11) is 0. The molecule has 0 amide bonds. The maximum Gasteiger partial charge on any atom is 0.252 e. The van der Waals surface area contributed by atoms with E-state index in [0.29, 0.717) is 0 Å². The molecule has 0 fully saturated rings. The highest BCUT2D eigenvalue weighted by Crippen LogP contribution is 2.54. The third-order valence-electron chi connectivity index (χ3n) is 19.8. The van der Waals surface area contributed by atoms with Crippen molar-refractivity contribution in [2.45, 2.75) is 52.4 Å². The van der Waals surface area contributed by atoms with Gasteiger partial charge in [0.1, 0.15) is 0 Å². The number of thiophene rings is 1. The molecule has 0 N–H and O–H groups in total. The Morgan fingerprint density at radius 1 is 0.359 bits per heavy atom. The van der Waals surface area contributed by atoms with Crippen molar-refractivity contribution in [3.8, 4) is 44.8 Å². The largest absolute Gasteiger partial charge is 0.311 e. The predicted octanol–water partition coefficient (Wildman–Crippen LogP) is 22.0. The molecule has 6 heteroatoms. The summed E-state index contributed by atoms with van der Waals surface area (Å²) in [6, 6.07) is 108. The molecule has 0 unspecified atom stereocenters. The summed E-state index contributed by atoms with van der Waals surface area (Å²) in [6.07, 6.45) is 3.12. The lowest BCUT2D eigenvalue weighted by molar-refractivity contribution is 0.590. The summed E-state index contributed by atoms with van der Waals surface area (Å²) < 4.78 is 7.66. The van der Waals surface area contributed by atoms with E-state index in [-0.39, 0.29) is 12.1 Å². The van der Waals surface area contributed by atoms with Crippen LogP contribution in [0.4, 0.5) is 34.1 Å². The first kappa shape index (κ1) is 54.3. The molecular formula is C86H65BN4S. The molecule has 92 heavy (non-hydrogen) atoms. The van der Waals surface area contributed by atoms with Crippen molar-refractivity contribution < 1.29 is 0 Å². The van der Waals surface area contributed by atoms with E-state index in [0.717, 1.165) is 64.3 Å².